The number of rotatable bonds is 5. The lowest BCUT2D eigenvalue weighted by Crippen LogP contribution is -2.53. The van der Waals surface area contributed by atoms with Crippen LogP contribution in [0.1, 0.15) is 47.9 Å². The number of benzene rings is 3. The molecule has 2 atom stereocenters. The number of aryl methyl sites for hydroxylation is 1. The Kier molecular flexibility index (Phi) is 7.47. The van der Waals surface area contributed by atoms with Crippen molar-refractivity contribution in [3.63, 3.8) is 0 Å². The number of nitrogens with zero attached hydrogens (tertiary/aromatic N) is 1. The van der Waals surface area contributed by atoms with Gasteiger partial charge in [-0.25, -0.2) is 25.6 Å². The maximum absolute atomic E-state index is 14.6. The molecule has 0 bridgehead atoms. The van der Waals surface area contributed by atoms with Crippen LogP contribution in [0.3, 0.4) is 0 Å². The molecule has 3 aliphatic rings. The van der Waals surface area contributed by atoms with Crippen molar-refractivity contribution in [2.24, 2.45) is 5.92 Å². The summed E-state index contributed by atoms with van der Waals surface area (Å²) in [6.45, 7) is 0.208. The highest BCUT2D eigenvalue weighted by atomic mass is 35.5. The molecule has 0 N–H and O–H groups in total. The number of likely N-dealkylation sites (tertiary alicyclic amines) is 1. The minimum Gasteiger partial charge on any atom is -0.337 e. The number of carbonyl (C=O) groups excluding carboxylic acids is 1. The molecule has 0 spiro atoms. The molecule has 0 saturated carbocycles. The summed E-state index contributed by atoms with van der Waals surface area (Å²) in [5, 5.41) is 0.309. The van der Waals surface area contributed by atoms with Gasteiger partial charge in [0.25, 0.3) is 0 Å². The molecule has 222 valence electrons. The van der Waals surface area contributed by atoms with Crippen LogP contribution in [-0.2, 0) is 42.1 Å². The first-order valence-electron chi connectivity index (χ1n) is 14.0. The van der Waals surface area contributed by atoms with Gasteiger partial charge < -0.3 is 4.90 Å². The molecule has 0 unspecified atom stereocenters. The van der Waals surface area contributed by atoms with E-state index in [0.717, 1.165) is 23.3 Å². The molecular formula is C31H30ClF2NO5S2. The molecule has 2 saturated heterocycles. The normalized spacial score (nSPS) is 23.8. The van der Waals surface area contributed by atoms with Gasteiger partial charge in [-0.05, 0) is 85.2 Å². The standard InChI is InChI=1S/C31H30ClF2NO5S2/c32-27-2-1-3-28(34)25(27)19-20-4-10-26-22(18-20)5-11-29-31(26,42(39,40)24-8-6-23(33)7-9-24)14-15-35(29)30(36)21-12-16-41(37,38)17-13-21/h1-4,6-10,18,21,29H,5,11-17,19H2/t29-,31-/m1/s1. The third-order valence-electron chi connectivity index (χ3n) is 9.18. The number of hydrogen-bond donors (Lipinski definition) is 0. The van der Waals surface area contributed by atoms with E-state index in [-0.39, 0.29) is 54.5 Å². The molecule has 2 fully saturated rings. The van der Waals surface area contributed by atoms with E-state index in [9.17, 15) is 30.4 Å². The molecule has 6 nitrogen and oxygen atoms in total. The summed E-state index contributed by atoms with van der Waals surface area (Å²) in [5.41, 5.74) is 2.53. The van der Waals surface area contributed by atoms with Gasteiger partial charge in [-0.1, -0.05) is 35.9 Å². The summed E-state index contributed by atoms with van der Waals surface area (Å²) in [4.78, 5) is 15.4. The van der Waals surface area contributed by atoms with Gasteiger partial charge >= 0.3 is 0 Å². The topological polar surface area (TPSA) is 88.6 Å². The number of hydrogen-bond acceptors (Lipinski definition) is 5. The first-order chi connectivity index (χ1) is 19.9. The second-order valence-corrected chi connectivity index (χ2v) is 16.4. The number of amides is 1. The lowest BCUT2D eigenvalue weighted by molar-refractivity contribution is -0.137. The van der Waals surface area contributed by atoms with Crippen molar-refractivity contribution in [3.8, 4) is 0 Å². The van der Waals surface area contributed by atoms with E-state index in [2.05, 4.69) is 0 Å². The van der Waals surface area contributed by atoms with E-state index in [0.29, 0.717) is 29.0 Å². The minimum absolute atomic E-state index is 0.0259. The molecule has 11 heteroatoms. The Labute approximate surface area is 249 Å². The van der Waals surface area contributed by atoms with Crippen molar-refractivity contribution >= 4 is 37.2 Å². The maximum atomic E-state index is 14.6. The lowest BCUT2D eigenvalue weighted by atomic mass is 9.77. The van der Waals surface area contributed by atoms with Crippen LogP contribution in [-0.4, -0.2) is 51.7 Å². The Morgan fingerprint density at radius 1 is 1.00 bits per heavy atom. The molecule has 3 aromatic rings. The van der Waals surface area contributed by atoms with Crippen molar-refractivity contribution in [3.05, 3.63) is 99.6 Å². The number of halogens is 3. The summed E-state index contributed by atoms with van der Waals surface area (Å²) >= 11 is 6.27. The lowest BCUT2D eigenvalue weighted by Gasteiger charge is -2.43. The van der Waals surface area contributed by atoms with Crippen molar-refractivity contribution in [2.75, 3.05) is 18.1 Å². The van der Waals surface area contributed by atoms with Crippen LogP contribution >= 0.6 is 11.6 Å². The first-order valence-corrected chi connectivity index (χ1v) is 17.7. The van der Waals surface area contributed by atoms with Crippen LogP contribution in [0.15, 0.2) is 65.6 Å². The quantitative estimate of drug-likeness (QED) is 0.358. The summed E-state index contributed by atoms with van der Waals surface area (Å²) in [5.74, 6) is -1.78. The molecule has 3 aromatic carbocycles. The molecule has 2 aliphatic heterocycles. The van der Waals surface area contributed by atoms with Crippen LogP contribution in [0.25, 0.3) is 0 Å². The average Bonchev–Trinajstić information content (AvgIpc) is 3.36. The minimum atomic E-state index is -4.13. The Balaban J connectivity index is 1.42. The van der Waals surface area contributed by atoms with Crippen LogP contribution < -0.4 is 0 Å². The highest BCUT2D eigenvalue weighted by Crippen LogP contribution is 2.53. The fourth-order valence-electron chi connectivity index (χ4n) is 7.06. The second kappa shape index (κ2) is 10.7. The molecule has 2 heterocycles. The summed E-state index contributed by atoms with van der Waals surface area (Å²) in [6, 6.07) is 14.0. The van der Waals surface area contributed by atoms with Crippen molar-refractivity contribution < 1.29 is 30.4 Å². The zero-order chi connectivity index (χ0) is 29.9. The van der Waals surface area contributed by atoms with Gasteiger partial charge in [0.05, 0.1) is 22.4 Å². The van der Waals surface area contributed by atoms with E-state index >= 15 is 0 Å². The maximum Gasteiger partial charge on any atom is 0.226 e. The summed E-state index contributed by atoms with van der Waals surface area (Å²) in [7, 11) is -7.30. The van der Waals surface area contributed by atoms with Crippen molar-refractivity contribution in [2.45, 2.75) is 54.2 Å². The fraction of sp³-hybridized carbons (Fsp3) is 0.387. The Hall–Kier alpha value is -2.82. The first kappa shape index (κ1) is 29.3. The number of carbonyl (C=O) groups is 1. The molecule has 6 rings (SSSR count). The van der Waals surface area contributed by atoms with E-state index < -0.39 is 48.0 Å². The van der Waals surface area contributed by atoms with Gasteiger partial charge in [-0.2, -0.15) is 0 Å². The van der Waals surface area contributed by atoms with E-state index in [1.54, 1.807) is 23.1 Å². The van der Waals surface area contributed by atoms with Crippen LogP contribution in [0.5, 0.6) is 0 Å². The van der Waals surface area contributed by atoms with Crippen LogP contribution in [0.4, 0.5) is 8.78 Å². The number of sulfone groups is 2. The SMILES string of the molecule is O=C(C1CCS(=O)(=O)CC1)N1CC[C@@]2(S(=O)(=O)c3ccc(F)cc3)c3ccc(Cc4c(F)cccc4Cl)cc3CC[C@@H]12. The number of fused-ring (bicyclic) bond motifs is 3. The molecular weight excluding hydrogens is 604 g/mol. The van der Waals surface area contributed by atoms with Crippen molar-refractivity contribution in [1.29, 1.82) is 0 Å². The highest BCUT2D eigenvalue weighted by Gasteiger charge is 2.61. The third-order valence-corrected chi connectivity index (χ3v) is 13.8. The van der Waals surface area contributed by atoms with Crippen LogP contribution in [0.2, 0.25) is 5.02 Å². The summed E-state index contributed by atoms with van der Waals surface area (Å²) in [6.07, 6.45) is 1.71. The molecule has 0 aromatic heterocycles. The highest BCUT2D eigenvalue weighted by molar-refractivity contribution is 7.92. The predicted molar refractivity (Wildman–Crippen MR) is 156 cm³/mol. The smallest absolute Gasteiger partial charge is 0.226 e. The van der Waals surface area contributed by atoms with E-state index in [4.69, 9.17) is 11.6 Å². The second-order valence-electron chi connectivity index (χ2n) is 11.5. The molecule has 42 heavy (non-hydrogen) atoms. The Morgan fingerprint density at radius 3 is 2.40 bits per heavy atom. The largest absolute Gasteiger partial charge is 0.337 e. The Bertz CT molecular complexity index is 1740. The zero-order valence-corrected chi connectivity index (χ0v) is 25.1. The molecule has 0 radical (unpaired) electrons. The monoisotopic (exact) mass is 633 g/mol. The van der Waals surface area contributed by atoms with Crippen LogP contribution in [0, 0.1) is 17.6 Å². The van der Waals surface area contributed by atoms with Crippen molar-refractivity contribution in [1.82, 2.24) is 4.90 Å². The zero-order valence-electron chi connectivity index (χ0n) is 22.7. The van der Waals surface area contributed by atoms with Gasteiger partial charge in [0.1, 0.15) is 26.2 Å². The van der Waals surface area contributed by atoms with Gasteiger partial charge in [-0.3, -0.25) is 4.79 Å². The van der Waals surface area contributed by atoms with Gasteiger partial charge in [0.15, 0.2) is 9.84 Å². The van der Waals surface area contributed by atoms with E-state index in [1.807, 2.05) is 6.07 Å². The fourth-order valence-corrected chi connectivity index (χ4v) is 11.1. The predicted octanol–water partition coefficient (Wildman–Crippen LogP) is 5.25. The van der Waals surface area contributed by atoms with Gasteiger partial charge in [0, 0.05) is 29.5 Å². The molecule has 1 amide bonds. The van der Waals surface area contributed by atoms with Gasteiger partial charge in [-0.15, -0.1) is 0 Å². The summed E-state index contributed by atoms with van der Waals surface area (Å²) < 4.78 is 80.0. The molecule has 1 aliphatic carbocycles. The van der Waals surface area contributed by atoms with E-state index in [1.165, 1.54) is 24.3 Å². The Morgan fingerprint density at radius 2 is 1.71 bits per heavy atom. The van der Waals surface area contributed by atoms with Gasteiger partial charge in [0.2, 0.25) is 5.91 Å². The average molecular weight is 634 g/mol. The third kappa shape index (κ3) is 4.85.